The lowest BCUT2D eigenvalue weighted by Gasteiger charge is -1.94. The summed E-state index contributed by atoms with van der Waals surface area (Å²) >= 11 is 0. The molecule has 0 aliphatic rings. The molecule has 0 saturated carbocycles. The number of ether oxygens (including phenoxy) is 1. The summed E-state index contributed by atoms with van der Waals surface area (Å²) < 4.78 is 4.47. The van der Waals surface area contributed by atoms with Crippen LogP contribution in [0.4, 0.5) is 0 Å². The van der Waals surface area contributed by atoms with Crippen LogP contribution >= 0.6 is 0 Å². The van der Waals surface area contributed by atoms with E-state index in [-0.39, 0.29) is 18.0 Å². The molecule has 4 heteroatoms. The van der Waals surface area contributed by atoms with Gasteiger partial charge in [-0.1, -0.05) is 17.9 Å². The first kappa shape index (κ1) is 12.8. The standard InChI is InChI=1S/C13H12O4/c1-17-12(14)8-3-2-5-10-6-4-7-11(9-10)13(15)16/h4,6-7,9H,3,8H2,1H3,(H,15,16). The number of hydrogen-bond donors (Lipinski definition) is 1. The zero-order valence-corrected chi connectivity index (χ0v) is 9.40. The lowest BCUT2D eigenvalue weighted by molar-refractivity contribution is -0.140. The quantitative estimate of drug-likeness (QED) is 0.636. The average Bonchev–Trinajstić information content (AvgIpc) is 2.34. The van der Waals surface area contributed by atoms with Gasteiger partial charge < -0.3 is 9.84 Å². The summed E-state index contributed by atoms with van der Waals surface area (Å²) in [5, 5.41) is 8.78. The van der Waals surface area contributed by atoms with Gasteiger partial charge in [-0.25, -0.2) is 4.79 Å². The fourth-order valence-corrected chi connectivity index (χ4v) is 1.16. The van der Waals surface area contributed by atoms with E-state index in [2.05, 4.69) is 16.6 Å². The smallest absolute Gasteiger partial charge is 0.335 e. The summed E-state index contributed by atoms with van der Waals surface area (Å²) in [5.74, 6) is 4.30. The largest absolute Gasteiger partial charge is 0.478 e. The predicted molar refractivity (Wildman–Crippen MR) is 61.5 cm³/mol. The highest BCUT2D eigenvalue weighted by molar-refractivity contribution is 5.88. The molecule has 0 radical (unpaired) electrons. The summed E-state index contributed by atoms with van der Waals surface area (Å²) in [7, 11) is 1.33. The zero-order valence-electron chi connectivity index (χ0n) is 9.40. The van der Waals surface area contributed by atoms with Crippen molar-refractivity contribution in [1.29, 1.82) is 0 Å². The number of carboxylic acid groups (broad SMARTS) is 1. The highest BCUT2D eigenvalue weighted by Crippen LogP contribution is 2.04. The van der Waals surface area contributed by atoms with Crippen molar-refractivity contribution >= 4 is 11.9 Å². The minimum atomic E-state index is -0.983. The Hall–Kier alpha value is -2.28. The van der Waals surface area contributed by atoms with Gasteiger partial charge in [-0.2, -0.15) is 0 Å². The van der Waals surface area contributed by atoms with E-state index in [9.17, 15) is 9.59 Å². The third kappa shape index (κ3) is 4.39. The Morgan fingerprint density at radius 3 is 2.82 bits per heavy atom. The SMILES string of the molecule is COC(=O)CCC#Cc1cccc(C(=O)O)c1. The van der Waals surface area contributed by atoms with Gasteiger partial charge in [0.15, 0.2) is 0 Å². The van der Waals surface area contributed by atoms with Crippen LogP contribution in [-0.2, 0) is 9.53 Å². The fourth-order valence-electron chi connectivity index (χ4n) is 1.16. The van der Waals surface area contributed by atoms with Gasteiger partial charge >= 0.3 is 11.9 Å². The molecule has 0 spiro atoms. The van der Waals surface area contributed by atoms with Gasteiger partial charge in [-0.15, -0.1) is 0 Å². The number of hydrogen-bond acceptors (Lipinski definition) is 3. The van der Waals surface area contributed by atoms with Crippen LogP contribution in [0.1, 0.15) is 28.8 Å². The second-order valence-corrected chi connectivity index (χ2v) is 3.26. The molecule has 1 N–H and O–H groups in total. The number of benzene rings is 1. The molecule has 4 nitrogen and oxygen atoms in total. The van der Waals surface area contributed by atoms with Crippen LogP contribution in [0.3, 0.4) is 0 Å². The van der Waals surface area contributed by atoms with Gasteiger partial charge in [0.1, 0.15) is 0 Å². The Morgan fingerprint density at radius 2 is 2.18 bits per heavy atom. The molecule has 0 heterocycles. The van der Waals surface area contributed by atoms with Gasteiger partial charge in [-0.3, -0.25) is 4.79 Å². The lowest BCUT2D eigenvalue weighted by atomic mass is 10.1. The molecule has 0 saturated heterocycles. The molecule has 0 atom stereocenters. The number of carbonyl (C=O) groups is 2. The average molecular weight is 232 g/mol. The molecular weight excluding hydrogens is 220 g/mol. The van der Waals surface area contributed by atoms with E-state index < -0.39 is 5.97 Å². The number of methoxy groups -OCH3 is 1. The molecule has 0 bridgehead atoms. The molecule has 1 aromatic rings. The first-order valence-corrected chi connectivity index (χ1v) is 5.02. The molecule has 1 rings (SSSR count). The summed E-state index contributed by atoms with van der Waals surface area (Å²) in [5.41, 5.74) is 0.819. The molecule has 0 fully saturated rings. The Kier molecular flexibility index (Phi) is 4.77. The molecule has 0 aromatic heterocycles. The molecule has 17 heavy (non-hydrogen) atoms. The molecular formula is C13H12O4. The molecule has 0 amide bonds. The Labute approximate surface area is 99.2 Å². The maximum atomic E-state index is 10.8. The van der Waals surface area contributed by atoms with E-state index in [1.807, 2.05) is 0 Å². The minimum absolute atomic E-state index is 0.199. The van der Waals surface area contributed by atoms with E-state index in [0.717, 1.165) is 0 Å². The monoisotopic (exact) mass is 232 g/mol. The van der Waals surface area contributed by atoms with Crippen LogP contribution in [0.15, 0.2) is 24.3 Å². The normalized spacial score (nSPS) is 9.00. The van der Waals surface area contributed by atoms with Gasteiger partial charge in [0, 0.05) is 12.0 Å². The number of rotatable bonds is 3. The van der Waals surface area contributed by atoms with Crippen molar-refractivity contribution in [2.45, 2.75) is 12.8 Å². The van der Waals surface area contributed by atoms with E-state index >= 15 is 0 Å². The third-order valence-electron chi connectivity index (χ3n) is 2.02. The Morgan fingerprint density at radius 1 is 1.41 bits per heavy atom. The lowest BCUT2D eigenvalue weighted by Crippen LogP contribution is -1.98. The molecule has 0 aliphatic heterocycles. The van der Waals surface area contributed by atoms with E-state index in [4.69, 9.17) is 5.11 Å². The van der Waals surface area contributed by atoms with Crippen molar-refractivity contribution in [3.05, 3.63) is 35.4 Å². The maximum absolute atomic E-state index is 10.8. The summed E-state index contributed by atoms with van der Waals surface area (Å²) in [6, 6.07) is 6.35. The first-order chi connectivity index (χ1) is 8.13. The van der Waals surface area contributed by atoms with E-state index in [1.54, 1.807) is 12.1 Å². The highest BCUT2D eigenvalue weighted by atomic mass is 16.5. The molecule has 88 valence electrons. The number of carboxylic acids is 1. The van der Waals surface area contributed by atoms with E-state index in [1.165, 1.54) is 19.2 Å². The minimum Gasteiger partial charge on any atom is -0.478 e. The van der Waals surface area contributed by atoms with Crippen LogP contribution in [-0.4, -0.2) is 24.2 Å². The number of esters is 1. The van der Waals surface area contributed by atoms with Crippen molar-refractivity contribution in [2.24, 2.45) is 0 Å². The second-order valence-electron chi connectivity index (χ2n) is 3.26. The van der Waals surface area contributed by atoms with Crippen molar-refractivity contribution in [2.75, 3.05) is 7.11 Å². The van der Waals surface area contributed by atoms with Crippen LogP contribution in [0, 0.1) is 11.8 Å². The van der Waals surface area contributed by atoms with Crippen molar-refractivity contribution < 1.29 is 19.4 Å². The Balaban J connectivity index is 2.63. The molecule has 0 unspecified atom stereocenters. The summed E-state index contributed by atoms with van der Waals surface area (Å²) in [4.78, 5) is 21.5. The van der Waals surface area contributed by atoms with Crippen LogP contribution < -0.4 is 0 Å². The Bertz CT molecular complexity index is 480. The van der Waals surface area contributed by atoms with Gasteiger partial charge in [-0.05, 0) is 18.2 Å². The predicted octanol–water partition coefficient (Wildman–Crippen LogP) is 1.69. The maximum Gasteiger partial charge on any atom is 0.335 e. The number of carbonyl (C=O) groups excluding carboxylic acids is 1. The molecule has 1 aromatic carbocycles. The first-order valence-electron chi connectivity index (χ1n) is 5.02. The fraction of sp³-hybridized carbons (Fsp3) is 0.231. The van der Waals surface area contributed by atoms with Gasteiger partial charge in [0.25, 0.3) is 0 Å². The van der Waals surface area contributed by atoms with Crippen molar-refractivity contribution in [1.82, 2.24) is 0 Å². The number of aromatic carboxylic acids is 1. The van der Waals surface area contributed by atoms with Crippen LogP contribution in [0.2, 0.25) is 0 Å². The van der Waals surface area contributed by atoms with E-state index in [0.29, 0.717) is 12.0 Å². The van der Waals surface area contributed by atoms with Crippen LogP contribution in [0.5, 0.6) is 0 Å². The third-order valence-corrected chi connectivity index (χ3v) is 2.02. The van der Waals surface area contributed by atoms with Gasteiger partial charge in [0.05, 0.1) is 19.1 Å². The summed E-state index contributed by atoms with van der Waals surface area (Å²) in [6.45, 7) is 0. The second kappa shape index (κ2) is 6.33. The van der Waals surface area contributed by atoms with Crippen LogP contribution in [0.25, 0.3) is 0 Å². The topological polar surface area (TPSA) is 63.6 Å². The van der Waals surface area contributed by atoms with Crippen molar-refractivity contribution in [3.63, 3.8) is 0 Å². The zero-order chi connectivity index (χ0) is 12.7. The molecule has 0 aliphatic carbocycles. The summed E-state index contributed by atoms with van der Waals surface area (Å²) in [6.07, 6.45) is 0.631. The van der Waals surface area contributed by atoms with Gasteiger partial charge in [0.2, 0.25) is 0 Å². The van der Waals surface area contributed by atoms with Crippen molar-refractivity contribution in [3.8, 4) is 11.8 Å². The highest BCUT2D eigenvalue weighted by Gasteiger charge is 2.01.